The molecule has 144 valence electrons. The van der Waals surface area contributed by atoms with Gasteiger partial charge in [0.2, 0.25) is 0 Å². The molecule has 3 rings (SSSR count). The van der Waals surface area contributed by atoms with Gasteiger partial charge in [-0.2, -0.15) is 0 Å². The molecule has 0 saturated carbocycles. The van der Waals surface area contributed by atoms with Crippen LogP contribution in [0.5, 0.6) is 11.5 Å². The van der Waals surface area contributed by atoms with Gasteiger partial charge in [-0.05, 0) is 37.6 Å². The molecule has 1 amide bonds. The highest BCUT2D eigenvalue weighted by atomic mass is 16.5. The van der Waals surface area contributed by atoms with E-state index in [2.05, 4.69) is 24.4 Å². The average Bonchev–Trinajstić information content (AvgIpc) is 3.11. The minimum atomic E-state index is 0.0522. The van der Waals surface area contributed by atoms with Crippen LogP contribution in [-0.4, -0.2) is 33.2 Å². The molecule has 1 saturated heterocycles. The lowest BCUT2D eigenvalue weighted by molar-refractivity contribution is -0.910. The van der Waals surface area contributed by atoms with Crippen molar-refractivity contribution in [1.82, 2.24) is 0 Å². The van der Waals surface area contributed by atoms with E-state index in [4.69, 9.17) is 9.47 Å². The first kappa shape index (κ1) is 19.2. The number of anilines is 1. The lowest BCUT2D eigenvalue weighted by atomic mass is 10.0. The van der Waals surface area contributed by atoms with E-state index in [-0.39, 0.29) is 11.9 Å². The monoisotopic (exact) mass is 369 g/mol. The predicted molar refractivity (Wildman–Crippen MR) is 107 cm³/mol. The molecule has 1 unspecified atom stereocenters. The van der Waals surface area contributed by atoms with E-state index in [1.165, 1.54) is 10.5 Å². The lowest BCUT2D eigenvalue weighted by Crippen LogP contribution is -3.11. The Hall–Kier alpha value is -2.53. The molecular formula is C22H29N2O3+. The third-order valence-electron chi connectivity index (χ3n) is 5.34. The van der Waals surface area contributed by atoms with Crippen molar-refractivity contribution in [3.63, 3.8) is 0 Å². The molecule has 5 heteroatoms. The molecule has 0 aliphatic carbocycles. The number of rotatable bonds is 6. The number of aryl methyl sites for hydroxylation is 2. The Morgan fingerprint density at radius 2 is 1.96 bits per heavy atom. The van der Waals surface area contributed by atoms with Crippen LogP contribution in [0.4, 0.5) is 5.69 Å². The number of likely N-dealkylation sites (tertiary alicyclic amines) is 1. The van der Waals surface area contributed by atoms with Crippen LogP contribution in [0.15, 0.2) is 36.4 Å². The Kier molecular flexibility index (Phi) is 6.01. The third kappa shape index (κ3) is 4.42. The first-order valence-electron chi connectivity index (χ1n) is 9.45. The van der Waals surface area contributed by atoms with Gasteiger partial charge in [0, 0.05) is 24.6 Å². The van der Waals surface area contributed by atoms with Crippen LogP contribution in [0, 0.1) is 13.8 Å². The Morgan fingerprint density at radius 3 is 2.67 bits per heavy atom. The number of hydrogen-bond acceptors (Lipinski definition) is 3. The molecule has 1 aliphatic rings. The zero-order valence-corrected chi connectivity index (χ0v) is 16.6. The molecule has 5 nitrogen and oxygen atoms in total. The molecule has 27 heavy (non-hydrogen) atoms. The van der Waals surface area contributed by atoms with Crippen molar-refractivity contribution in [3.8, 4) is 11.5 Å². The van der Waals surface area contributed by atoms with Crippen LogP contribution in [0.25, 0.3) is 0 Å². The van der Waals surface area contributed by atoms with E-state index < -0.39 is 0 Å². The minimum absolute atomic E-state index is 0.0522. The number of nitrogens with one attached hydrogen (secondary N) is 2. The van der Waals surface area contributed by atoms with E-state index in [1.807, 2.05) is 31.2 Å². The number of benzene rings is 2. The van der Waals surface area contributed by atoms with Crippen LogP contribution >= 0.6 is 0 Å². The molecule has 1 aliphatic heterocycles. The second-order valence-corrected chi connectivity index (χ2v) is 7.25. The van der Waals surface area contributed by atoms with Gasteiger partial charge in [-0.3, -0.25) is 4.79 Å². The van der Waals surface area contributed by atoms with Gasteiger partial charge in [-0.15, -0.1) is 0 Å². The lowest BCUT2D eigenvalue weighted by Gasteiger charge is -2.23. The fourth-order valence-corrected chi connectivity index (χ4v) is 3.96. The maximum absolute atomic E-state index is 12.7. The van der Waals surface area contributed by atoms with Gasteiger partial charge in [0.15, 0.2) is 6.54 Å². The van der Waals surface area contributed by atoms with Crippen LogP contribution < -0.4 is 19.7 Å². The summed E-state index contributed by atoms with van der Waals surface area (Å²) in [4.78, 5) is 13.9. The van der Waals surface area contributed by atoms with E-state index in [0.717, 1.165) is 47.7 Å². The summed E-state index contributed by atoms with van der Waals surface area (Å²) < 4.78 is 10.9. The first-order valence-corrected chi connectivity index (χ1v) is 9.45. The van der Waals surface area contributed by atoms with Crippen molar-refractivity contribution in [1.29, 1.82) is 0 Å². The maximum Gasteiger partial charge on any atom is 0.279 e. The highest BCUT2D eigenvalue weighted by Gasteiger charge is 2.33. The number of carbonyl (C=O) groups excluding carboxylic acids is 1. The van der Waals surface area contributed by atoms with Crippen LogP contribution in [-0.2, 0) is 4.79 Å². The van der Waals surface area contributed by atoms with Gasteiger partial charge >= 0.3 is 0 Å². The Balaban J connectivity index is 1.72. The third-order valence-corrected chi connectivity index (χ3v) is 5.34. The Morgan fingerprint density at radius 1 is 1.15 bits per heavy atom. The Bertz CT molecular complexity index is 819. The van der Waals surface area contributed by atoms with E-state index in [0.29, 0.717) is 6.54 Å². The summed E-state index contributed by atoms with van der Waals surface area (Å²) in [6, 6.07) is 12.3. The second-order valence-electron chi connectivity index (χ2n) is 7.25. The van der Waals surface area contributed by atoms with Crippen molar-refractivity contribution < 1.29 is 19.2 Å². The molecule has 2 aromatic rings. The topological polar surface area (TPSA) is 52.0 Å². The summed E-state index contributed by atoms with van der Waals surface area (Å²) in [5.41, 5.74) is 4.32. The van der Waals surface area contributed by atoms with Crippen molar-refractivity contribution in [2.75, 3.05) is 32.6 Å². The molecule has 2 atom stereocenters. The average molecular weight is 369 g/mol. The number of hydrogen-bond donors (Lipinski definition) is 2. The summed E-state index contributed by atoms with van der Waals surface area (Å²) in [6.07, 6.45) is 2.15. The summed E-state index contributed by atoms with van der Waals surface area (Å²) >= 11 is 0. The zero-order chi connectivity index (χ0) is 19.4. The SMILES string of the molecule is COc1ccc([C@@H]2CCC[NH+]2CC(=O)Nc2ccc(C)cc2C)c(OC)c1. The van der Waals surface area contributed by atoms with Crippen LogP contribution in [0.2, 0.25) is 0 Å². The van der Waals surface area contributed by atoms with Crippen molar-refractivity contribution >= 4 is 11.6 Å². The van der Waals surface area contributed by atoms with E-state index in [9.17, 15) is 4.79 Å². The minimum Gasteiger partial charge on any atom is -0.497 e. The van der Waals surface area contributed by atoms with Gasteiger partial charge in [0.1, 0.15) is 17.5 Å². The predicted octanol–water partition coefficient (Wildman–Crippen LogP) is 2.68. The van der Waals surface area contributed by atoms with Gasteiger partial charge in [0.25, 0.3) is 5.91 Å². The fraction of sp³-hybridized carbons (Fsp3) is 0.409. The summed E-state index contributed by atoms with van der Waals surface area (Å²) in [5.74, 6) is 1.66. The summed E-state index contributed by atoms with van der Waals surface area (Å²) in [5, 5.41) is 3.07. The number of methoxy groups -OCH3 is 2. The number of amides is 1. The number of carbonyl (C=O) groups is 1. The highest BCUT2D eigenvalue weighted by Crippen LogP contribution is 2.31. The summed E-state index contributed by atoms with van der Waals surface area (Å²) in [7, 11) is 3.33. The number of quaternary nitrogens is 1. The molecule has 0 bridgehead atoms. The molecule has 0 spiro atoms. The molecule has 1 heterocycles. The van der Waals surface area contributed by atoms with Gasteiger partial charge in [-0.25, -0.2) is 0 Å². The number of ether oxygens (including phenoxy) is 2. The van der Waals surface area contributed by atoms with Gasteiger partial charge in [0.05, 0.1) is 26.3 Å². The first-order chi connectivity index (χ1) is 13.0. The highest BCUT2D eigenvalue weighted by molar-refractivity contribution is 5.92. The smallest absolute Gasteiger partial charge is 0.279 e. The largest absolute Gasteiger partial charge is 0.497 e. The van der Waals surface area contributed by atoms with E-state index in [1.54, 1.807) is 14.2 Å². The molecular weight excluding hydrogens is 340 g/mol. The maximum atomic E-state index is 12.7. The molecule has 2 aromatic carbocycles. The van der Waals surface area contributed by atoms with Gasteiger partial charge < -0.3 is 19.7 Å². The molecule has 1 fully saturated rings. The van der Waals surface area contributed by atoms with Crippen LogP contribution in [0.1, 0.15) is 35.6 Å². The molecule has 0 aromatic heterocycles. The normalized spacial score (nSPS) is 19.0. The molecule has 0 radical (unpaired) electrons. The fourth-order valence-electron chi connectivity index (χ4n) is 3.96. The molecule has 2 N–H and O–H groups in total. The van der Waals surface area contributed by atoms with Crippen molar-refractivity contribution in [3.05, 3.63) is 53.1 Å². The van der Waals surface area contributed by atoms with Crippen molar-refractivity contribution in [2.24, 2.45) is 0 Å². The standard InChI is InChI=1S/C22H28N2O3/c1-15-7-10-19(16(2)12-15)23-22(25)14-24-11-5-6-20(24)18-9-8-17(26-3)13-21(18)27-4/h7-10,12-13,20H,5-6,11,14H2,1-4H3,(H,23,25)/p+1/t20-/m0/s1. The van der Waals surface area contributed by atoms with Crippen LogP contribution in [0.3, 0.4) is 0 Å². The van der Waals surface area contributed by atoms with Gasteiger partial charge in [-0.1, -0.05) is 17.7 Å². The quantitative estimate of drug-likeness (QED) is 0.823. The second kappa shape index (κ2) is 8.44. The zero-order valence-electron chi connectivity index (χ0n) is 16.6. The van der Waals surface area contributed by atoms with E-state index >= 15 is 0 Å². The Labute approximate surface area is 161 Å². The summed E-state index contributed by atoms with van der Waals surface area (Å²) in [6.45, 7) is 5.52. The van der Waals surface area contributed by atoms with Crippen molar-refractivity contribution in [2.45, 2.75) is 32.7 Å².